The standard InChI is InChI=1S/C21H17N3O4S/c1-28-20-15(6-5-11-22-20)14-24-21(25)19-10-9-18(12-16(19)13-23-24)29(26,27)17-7-3-2-4-8-17/h2-13H,14H2,1H3. The van der Waals surface area contributed by atoms with Crippen molar-refractivity contribution < 1.29 is 13.2 Å². The van der Waals surface area contributed by atoms with Gasteiger partial charge in [0, 0.05) is 17.1 Å². The molecule has 2 heterocycles. The molecule has 0 saturated carbocycles. The highest BCUT2D eigenvalue weighted by molar-refractivity contribution is 7.91. The molecule has 0 fully saturated rings. The summed E-state index contributed by atoms with van der Waals surface area (Å²) in [5.41, 5.74) is 0.393. The van der Waals surface area contributed by atoms with Gasteiger partial charge in [0.1, 0.15) is 0 Å². The minimum absolute atomic E-state index is 0.115. The maximum absolute atomic E-state index is 12.9. The van der Waals surface area contributed by atoms with E-state index in [0.29, 0.717) is 22.2 Å². The van der Waals surface area contributed by atoms with E-state index in [4.69, 9.17) is 4.74 Å². The summed E-state index contributed by atoms with van der Waals surface area (Å²) in [6.45, 7) is 0.190. The average molecular weight is 407 g/mol. The average Bonchev–Trinajstić information content (AvgIpc) is 2.76. The van der Waals surface area contributed by atoms with Crippen LogP contribution in [0.25, 0.3) is 10.8 Å². The highest BCUT2D eigenvalue weighted by Crippen LogP contribution is 2.23. The number of rotatable bonds is 5. The van der Waals surface area contributed by atoms with Gasteiger partial charge in [0.05, 0.1) is 35.0 Å². The number of hydrogen-bond acceptors (Lipinski definition) is 6. The maximum atomic E-state index is 12.9. The Bertz CT molecular complexity index is 1350. The van der Waals surface area contributed by atoms with Crippen LogP contribution in [0.2, 0.25) is 0 Å². The highest BCUT2D eigenvalue weighted by atomic mass is 32.2. The van der Waals surface area contributed by atoms with Crippen molar-refractivity contribution in [1.82, 2.24) is 14.8 Å². The number of benzene rings is 2. The Morgan fingerprint density at radius 1 is 1.00 bits per heavy atom. The highest BCUT2D eigenvalue weighted by Gasteiger charge is 2.18. The molecule has 2 aromatic carbocycles. The van der Waals surface area contributed by atoms with Crippen molar-refractivity contribution >= 4 is 20.6 Å². The second-order valence-electron chi connectivity index (χ2n) is 6.34. The first kappa shape index (κ1) is 18.8. The molecular formula is C21H17N3O4S. The van der Waals surface area contributed by atoms with Crippen molar-refractivity contribution in [2.24, 2.45) is 0 Å². The molecule has 7 nitrogen and oxygen atoms in total. The lowest BCUT2D eigenvalue weighted by atomic mass is 10.2. The lowest BCUT2D eigenvalue weighted by molar-refractivity contribution is 0.390. The Kier molecular flexibility index (Phi) is 4.85. The van der Waals surface area contributed by atoms with Crippen LogP contribution < -0.4 is 10.3 Å². The Labute approximate surface area is 167 Å². The van der Waals surface area contributed by atoms with Crippen LogP contribution in [0.5, 0.6) is 5.88 Å². The number of ether oxygens (including phenoxy) is 1. The summed E-state index contributed by atoms with van der Waals surface area (Å²) in [6.07, 6.45) is 3.09. The third-order valence-electron chi connectivity index (χ3n) is 4.55. The minimum atomic E-state index is -3.67. The van der Waals surface area contributed by atoms with Crippen LogP contribution in [-0.4, -0.2) is 30.3 Å². The molecule has 29 heavy (non-hydrogen) atoms. The van der Waals surface area contributed by atoms with Gasteiger partial charge in [0.2, 0.25) is 15.7 Å². The second kappa shape index (κ2) is 7.48. The van der Waals surface area contributed by atoms with Crippen molar-refractivity contribution in [2.45, 2.75) is 16.3 Å². The quantitative estimate of drug-likeness (QED) is 0.505. The number of sulfone groups is 1. The van der Waals surface area contributed by atoms with Crippen LogP contribution in [-0.2, 0) is 16.4 Å². The van der Waals surface area contributed by atoms with Crippen LogP contribution >= 0.6 is 0 Å². The van der Waals surface area contributed by atoms with Gasteiger partial charge >= 0.3 is 0 Å². The van der Waals surface area contributed by atoms with Gasteiger partial charge in [0.25, 0.3) is 5.56 Å². The lowest BCUT2D eigenvalue weighted by Gasteiger charge is -2.10. The zero-order valence-electron chi connectivity index (χ0n) is 15.5. The molecule has 0 aliphatic carbocycles. The second-order valence-corrected chi connectivity index (χ2v) is 8.29. The topological polar surface area (TPSA) is 91.2 Å². The van der Waals surface area contributed by atoms with Crippen LogP contribution in [0.1, 0.15) is 5.56 Å². The Hall–Kier alpha value is -3.52. The predicted octanol–water partition coefficient (Wildman–Crippen LogP) is 2.68. The molecule has 2 aromatic heterocycles. The van der Waals surface area contributed by atoms with E-state index in [2.05, 4.69) is 10.1 Å². The fourth-order valence-electron chi connectivity index (χ4n) is 3.07. The Morgan fingerprint density at radius 2 is 1.79 bits per heavy atom. The van der Waals surface area contributed by atoms with E-state index in [1.165, 1.54) is 48.3 Å². The number of pyridine rings is 1. The van der Waals surface area contributed by atoms with Gasteiger partial charge in [-0.1, -0.05) is 24.3 Å². The van der Waals surface area contributed by atoms with Gasteiger partial charge in [-0.05, 0) is 36.4 Å². The smallest absolute Gasteiger partial charge is 0.274 e. The van der Waals surface area contributed by atoms with Gasteiger partial charge in [-0.25, -0.2) is 18.1 Å². The first-order valence-electron chi connectivity index (χ1n) is 8.78. The molecule has 0 aliphatic heterocycles. The summed E-state index contributed by atoms with van der Waals surface area (Å²) in [7, 11) is -2.16. The molecule has 0 saturated heterocycles. The van der Waals surface area contributed by atoms with Crippen LogP contribution in [0.3, 0.4) is 0 Å². The molecule has 0 unspecified atom stereocenters. The monoisotopic (exact) mass is 407 g/mol. The van der Waals surface area contributed by atoms with Gasteiger partial charge in [-0.3, -0.25) is 4.79 Å². The zero-order chi connectivity index (χ0) is 20.4. The number of aromatic nitrogens is 3. The first-order valence-corrected chi connectivity index (χ1v) is 10.3. The van der Waals surface area contributed by atoms with Crippen molar-refractivity contribution in [3.8, 4) is 5.88 Å². The summed E-state index contributed by atoms with van der Waals surface area (Å²) >= 11 is 0. The SMILES string of the molecule is COc1ncccc1Cn1ncc2cc(S(=O)(=O)c3ccccc3)ccc2c1=O. The van der Waals surface area contributed by atoms with Crippen molar-refractivity contribution in [2.75, 3.05) is 7.11 Å². The van der Waals surface area contributed by atoms with E-state index in [1.807, 2.05) is 0 Å². The molecule has 8 heteroatoms. The zero-order valence-corrected chi connectivity index (χ0v) is 16.3. The van der Waals surface area contributed by atoms with E-state index >= 15 is 0 Å². The Balaban J connectivity index is 1.76. The summed E-state index contributed by atoms with van der Waals surface area (Å²) < 4.78 is 32.2. The first-order chi connectivity index (χ1) is 14.0. The summed E-state index contributed by atoms with van der Waals surface area (Å²) in [4.78, 5) is 17.3. The van der Waals surface area contributed by atoms with E-state index < -0.39 is 9.84 Å². The van der Waals surface area contributed by atoms with Gasteiger partial charge in [-0.15, -0.1) is 0 Å². The molecular weight excluding hydrogens is 390 g/mol. The third kappa shape index (κ3) is 3.50. The Morgan fingerprint density at radius 3 is 2.55 bits per heavy atom. The van der Waals surface area contributed by atoms with Crippen molar-refractivity contribution in [3.05, 3.63) is 89.0 Å². The fraction of sp³-hybridized carbons (Fsp3) is 0.0952. The summed E-state index contributed by atoms with van der Waals surface area (Å²) in [5, 5.41) is 5.04. The number of hydrogen-bond donors (Lipinski definition) is 0. The molecule has 0 spiro atoms. The predicted molar refractivity (Wildman–Crippen MR) is 108 cm³/mol. The molecule has 0 radical (unpaired) electrons. The molecule has 0 atom stereocenters. The molecule has 146 valence electrons. The summed E-state index contributed by atoms with van der Waals surface area (Å²) in [6, 6.07) is 16.2. The van der Waals surface area contributed by atoms with E-state index in [9.17, 15) is 13.2 Å². The normalized spacial score (nSPS) is 11.5. The van der Waals surface area contributed by atoms with Gasteiger partial charge < -0.3 is 4.74 Å². The van der Waals surface area contributed by atoms with Crippen molar-refractivity contribution in [3.63, 3.8) is 0 Å². The van der Waals surface area contributed by atoms with Crippen molar-refractivity contribution in [1.29, 1.82) is 0 Å². The summed E-state index contributed by atoms with van der Waals surface area (Å²) in [5.74, 6) is 0.422. The largest absolute Gasteiger partial charge is 0.481 e. The van der Waals surface area contributed by atoms with Crippen LogP contribution in [0, 0.1) is 0 Å². The number of fused-ring (bicyclic) bond motifs is 1. The van der Waals surface area contributed by atoms with E-state index in [-0.39, 0.29) is 21.9 Å². The fourth-order valence-corrected chi connectivity index (χ4v) is 4.39. The molecule has 0 amide bonds. The van der Waals surface area contributed by atoms with Crippen LogP contribution in [0.15, 0.2) is 87.6 Å². The van der Waals surface area contributed by atoms with Gasteiger partial charge in [0.15, 0.2) is 0 Å². The number of methoxy groups -OCH3 is 1. The molecule has 4 aromatic rings. The van der Waals surface area contributed by atoms with E-state index in [0.717, 1.165) is 0 Å². The molecule has 0 N–H and O–H groups in total. The molecule has 0 aliphatic rings. The van der Waals surface area contributed by atoms with Crippen LogP contribution in [0.4, 0.5) is 0 Å². The molecule has 4 rings (SSSR count). The minimum Gasteiger partial charge on any atom is -0.481 e. The maximum Gasteiger partial charge on any atom is 0.274 e. The number of nitrogens with zero attached hydrogens (tertiary/aromatic N) is 3. The van der Waals surface area contributed by atoms with Gasteiger partial charge in [-0.2, -0.15) is 5.10 Å². The van der Waals surface area contributed by atoms with E-state index in [1.54, 1.807) is 36.5 Å². The molecule has 0 bridgehead atoms. The third-order valence-corrected chi connectivity index (χ3v) is 6.32. The lowest BCUT2D eigenvalue weighted by Crippen LogP contribution is -2.23.